The summed E-state index contributed by atoms with van der Waals surface area (Å²) in [6.07, 6.45) is 5.45. The van der Waals surface area contributed by atoms with Gasteiger partial charge in [-0.05, 0) is 94.3 Å². The molecular weight excluding hydrogens is 923 g/mol. The van der Waals surface area contributed by atoms with E-state index in [1.54, 1.807) is 37.0 Å². The summed E-state index contributed by atoms with van der Waals surface area (Å²) in [6.45, 7) is 3.98. The van der Waals surface area contributed by atoms with Crippen molar-refractivity contribution in [1.29, 1.82) is 0 Å². The highest BCUT2D eigenvalue weighted by atomic mass is 32.2. The summed E-state index contributed by atoms with van der Waals surface area (Å²) in [5.74, 6) is -3.52. The molecule has 3 heterocycles. The van der Waals surface area contributed by atoms with Crippen molar-refractivity contribution in [2.75, 3.05) is 43.2 Å². The van der Waals surface area contributed by atoms with E-state index in [9.17, 15) is 66.3 Å². The van der Waals surface area contributed by atoms with Gasteiger partial charge in [0.15, 0.2) is 5.71 Å². The van der Waals surface area contributed by atoms with Crippen LogP contribution in [0.25, 0.3) is 0 Å². The monoisotopic (exact) mass is 970 g/mol. The Morgan fingerprint density at radius 1 is 0.766 bits per heavy atom. The first-order chi connectivity index (χ1) is 29.7. The Morgan fingerprint density at radius 3 is 1.89 bits per heavy atom. The van der Waals surface area contributed by atoms with Gasteiger partial charge in [0.05, 0.1) is 42.0 Å². The van der Waals surface area contributed by atoms with Crippen LogP contribution in [0.15, 0.2) is 70.1 Å². The average Bonchev–Trinajstić information content (AvgIpc) is 3.71. The average molecular weight is 971 g/mol. The summed E-state index contributed by atoms with van der Waals surface area (Å²) < 4.78 is 151. The number of hydrogen-bond acceptors (Lipinski definition) is 18. The van der Waals surface area contributed by atoms with Gasteiger partial charge in [0.25, 0.3) is 11.8 Å². The lowest BCUT2D eigenvalue weighted by Gasteiger charge is -2.30. The van der Waals surface area contributed by atoms with Crippen molar-refractivity contribution in [3.63, 3.8) is 0 Å². The van der Waals surface area contributed by atoms with E-state index in [-0.39, 0.29) is 71.1 Å². The smallest absolute Gasteiger partial charge is 0.333 e. The molecule has 0 aliphatic carbocycles. The third kappa shape index (κ3) is 11.9. The maximum Gasteiger partial charge on any atom is 0.333 e. The number of hydrogen-bond donors (Lipinski definition) is 0. The molecule has 0 bridgehead atoms. The molecule has 0 saturated carbocycles. The Kier molecular flexibility index (Phi) is 15.5. The molecule has 2 aromatic rings. The number of ether oxygens (including phenoxy) is 1. The fraction of sp³-hybridized carbons (Fsp3) is 0.500. The molecule has 352 valence electrons. The molecule has 0 N–H and O–H groups in total. The molecule has 1 saturated heterocycles. The highest BCUT2D eigenvalue weighted by Crippen LogP contribution is 2.51. The second-order valence-electron chi connectivity index (χ2n) is 16.1. The van der Waals surface area contributed by atoms with E-state index in [1.807, 2.05) is 4.58 Å². The van der Waals surface area contributed by atoms with Crippen molar-refractivity contribution in [2.24, 2.45) is 0 Å². The number of methoxy groups -OCH3 is 1. The minimum absolute atomic E-state index is 0.00708. The van der Waals surface area contributed by atoms with Gasteiger partial charge in [-0.2, -0.15) is 4.58 Å². The second-order valence-corrected chi connectivity index (χ2v) is 21.9. The standard InChI is InChI=1S/C40H51N3O17S4/c1-39(19-8-24-61(47,48)49)30-26-28(63(53,54)55)13-15-32(30)41(21-6-4-5-12-38(46)60-43-36(44)17-18-37(43)45)34(39)10-7-11-35-40(2,20-9-25-62(50,51)52)31-27-29(64(56,57)58)14-16-33(31)42(35)22-23-59-3/h7,10-11,13-16,26-27H,4-6,8-9,12,17-25H2,1-3H3,(H3-,47,48,49,50,51,52,53,54,55,56,57,58)/p-3. The van der Waals surface area contributed by atoms with Crippen LogP contribution in [0.3, 0.4) is 0 Å². The van der Waals surface area contributed by atoms with Crippen molar-refractivity contribution in [2.45, 2.75) is 98.7 Å². The molecule has 0 spiro atoms. The summed E-state index contributed by atoms with van der Waals surface area (Å²) in [4.78, 5) is 41.9. The first-order valence-electron chi connectivity index (χ1n) is 20.1. The Balaban J connectivity index is 1.59. The van der Waals surface area contributed by atoms with E-state index in [0.29, 0.717) is 51.8 Å². The Bertz CT molecular complexity index is 2720. The summed E-state index contributed by atoms with van der Waals surface area (Å²) in [6, 6.07) is 7.58. The van der Waals surface area contributed by atoms with Crippen LogP contribution in [0.5, 0.6) is 0 Å². The number of benzene rings is 2. The van der Waals surface area contributed by atoms with Gasteiger partial charge >= 0.3 is 5.97 Å². The Morgan fingerprint density at radius 2 is 1.33 bits per heavy atom. The number of amides is 2. The van der Waals surface area contributed by atoms with Gasteiger partial charge in [-0.15, -0.1) is 5.06 Å². The number of unbranched alkanes of at least 4 members (excludes halogenated alkanes) is 2. The number of anilines is 1. The number of hydroxylamine groups is 2. The van der Waals surface area contributed by atoms with Crippen molar-refractivity contribution in [3.05, 3.63) is 71.5 Å². The van der Waals surface area contributed by atoms with E-state index >= 15 is 0 Å². The van der Waals surface area contributed by atoms with E-state index in [0.717, 1.165) is 12.1 Å². The van der Waals surface area contributed by atoms with Gasteiger partial charge in [-0.3, -0.25) is 9.59 Å². The Labute approximate surface area is 372 Å². The van der Waals surface area contributed by atoms with Crippen molar-refractivity contribution in [3.8, 4) is 0 Å². The largest absolute Gasteiger partial charge is 0.748 e. The molecule has 1 fully saturated rings. The van der Waals surface area contributed by atoms with Crippen molar-refractivity contribution >= 4 is 75.3 Å². The van der Waals surface area contributed by atoms with Crippen LogP contribution in [0.4, 0.5) is 11.4 Å². The van der Waals surface area contributed by atoms with Crippen molar-refractivity contribution in [1.82, 2.24) is 5.06 Å². The van der Waals surface area contributed by atoms with Gasteiger partial charge in [0, 0.05) is 85.3 Å². The number of allylic oxidation sites excluding steroid dienone is 4. The van der Waals surface area contributed by atoms with Crippen LogP contribution in [0.2, 0.25) is 0 Å². The maximum absolute atomic E-state index is 12.5. The molecule has 3 aliphatic heterocycles. The zero-order valence-electron chi connectivity index (χ0n) is 35.2. The van der Waals surface area contributed by atoms with Crippen LogP contribution in [0, 0.1) is 0 Å². The molecule has 2 unspecified atom stereocenters. The van der Waals surface area contributed by atoms with Crippen LogP contribution < -0.4 is 4.90 Å². The lowest BCUT2D eigenvalue weighted by molar-refractivity contribution is -0.438. The number of carbonyl (C=O) groups is 3. The predicted octanol–water partition coefficient (Wildman–Crippen LogP) is 2.53. The van der Waals surface area contributed by atoms with E-state index in [2.05, 4.69) is 0 Å². The third-order valence-electron chi connectivity index (χ3n) is 11.6. The number of fused-ring (bicyclic) bond motifs is 2. The zero-order chi connectivity index (χ0) is 47.5. The van der Waals surface area contributed by atoms with Crippen molar-refractivity contribution < 1.29 is 80.4 Å². The fourth-order valence-electron chi connectivity index (χ4n) is 8.52. The van der Waals surface area contributed by atoms with Crippen LogP contribution in [-0.4, -0.2) is 123 Å². The molecule has 3 aliphatic rings. The van der Waals surface area contributed by atoms with E-state index in [1.165, 1.54) is 31.4 Å². The van der Waals surface area contributed by atoms with Gasteiger partial charge in [0.1, 0.15) is 26.8 Å². The molecule has 20 nitrogen and oxygen atoms in total. The number of carbonyl (C=O) groups excluding carboxylic acids is 3. The van der Waals surface area contributed by atoms with Gasteiger partial charge in [0.2, 0.25) is 5.69 Å². The SMILES string of the molecule is COCCN1/C(=C/C=C/C2=[N+](CCCCCC(=O)ON3C(=O)CCC3=O)c3ccc(S(=O)(=O)[O-])cc3C2(C)CCCS(=O)(=O)[O-])C(C)(CCCS(=O)(=O)[O-])c2cc(S(=O)(=O)[O-])ccc21. The second kappa shape index (κ2) is 19.6. The number of nitrogens with zero attached hydrogens (tertiary/aromatic N) is 3. The minimum Gasteiger partial charge on any atom is -0.748 e. The molecule has 2 amide bonds. The molecule has 24 heteroatoms. The first kappa shape index (κ1) is 50.6. The molecule has 2 aromatic carbocycles. The predicted molar refractivity (Wildman–Crippen MR) is 223 cm³/mol. The summed E-state index contributed by atoms with van der Waals surface area (Å²) in [7, 11) is -17.8. The molecule has 5 rings (SSSR count). The Hall–Kier alpha value is -4.40. The highest BCUT2D eigenvalue weighted by Gasteiger charge is 2.48. The van der Waals surface area contributed by atoms with Gasteiger partial charge in [-0.25, -0.2) is 38.5 Å². The van der Waals surface area contributed by atoms with Crippen LogP contribution in [0.1, 0.15) is 89.2 Å². The van der Waals surface area contributed by atoms with Gasteiger partial charge < -0.3 is 32.7 Å². The normalized spacial score (nSPS) is 21.1. The zero-order valence-corrected chi connectivity index (χ0v) is 38.5. The fourth-order valence-corrected chi connectivity index (χ4v) is 10.5. The van der Waals surface area contributed by atoms with Gasteiger partial charge in [-0.1, -0.05) is 6.08 Å². The van der Waals surface area contributed by atoms with E-state index in [4.69, 9.17) is 9.57 Å². The summed E-state index contributed by atoms with van der Waals surface area (Å²) in [5.41, 5.74) is 0.195. The van der Waals surface area contributed by atoms with E-state index < -0.39 is 90.4 Å². The third-order valence-corrected chi connectivity index (χ3v) is 14.9. The lowest BCUT2D eigenvalue weighted by Crippen LogP contribution is -2.32. The minimum atomic E-state index is -4.98. The topological polar surface area (TPSA) is 308 Å². The molecule has 64 heavy (non-hydrogen) atoms. The lowest BCUT2D eigenvalue weighted by atomic mass is 9.75. The highest BCUT2D eigenvalue weighted by molar-refractivity contribution is 7.86. The molecular formula is C40H48N3O17S4-3. The maximum atomic E-state index is 12.5. The molecule has 2 atom stereocenters. The number of rotatable bonds is 22. The van der Waals surface area contributed by atoms with Crippen LogP contribution >= 0.6 is 0 Å². The quantitative estimate of drug-likeness (QED) is 0.0708. The molecule has 0 aromatic heterocycles. The van der Waals surface area contributed by atoms with Crippen LogP contribution in [-0.2, 0) is 75.3 Å². The molecule has 0 radical (unpaired) electrons. The summed E-state index contributed by atoms with van der Waals surface area (Å²) in [5, 5.41) is 0.455. The summed E-state index contributed by atoms with van der Waals surface area (Å²) >= 11 is 0. The first-order valence-corrected chi connectivity index (χ1v) is 26.1. The number of imide groups is 1.